The third-order valence-electron chi connectivity index (χ3n) is 2.15. The van der Waals surface area contributed by atoms with E-state index in [0.717, 1.165) is 5.69 Å². The molecular formula is C11H10N2O2. The van der Waals surface area contributed by atoms with E-state index >= 15 is 0 Å². The smallest absolute Gasteiger partial charge is 0.330 e. The predicted octanol–water partition coefficient (Wildman–Crippen LogP) is 1.42. The molecule has 0 amide bonds. The molecule has 2 heterocycles. The molecule has 1 atom stereocenters. The Kier molecular flexibility index (Phi) is 2.49. The van der Waals surface area contributed by atoms with Gasteiger partial charge in [0, 0.05) is 12.4 Å². The van der Waals surface area contributed by atoms with Crippen LogP contribution in [0.3, 0.4) is 0 Å². The maximum atomic E-state index is 11.0. The number of aromatic nitrogens is 1. The monoisotopic (exact) mass is 202 g/mol. The third-order valence-corrected chi connectivity index (χ3v) is 2.15. The molecule has 4 nitrogen and oxygen atoms in total. The number of carbonyl (C=O) groups is 1. The summed E-state index contributed by atoms with van der Waals surface area (Å²) >= 11 is 0. The number of pyridine rings is 1. The Morgan fingerprint density at radius 2 is 2.33 bits per heavy atom. The van der Waals surface area contributed by atoms with E-state index in [9.17, 15) is 4.79 Å². The highest BCUT2D eigenvalue weighted by molar-refractivity contribution is 5.82. The topological polar surface area (TPSA) is 53.4 Å². The fourth-order valence-corrected chi connectivity index (χ4v) is 1.45. The Balaban J connectivity index is 2.32. The zero-order chi connectivity index (χ0) is 10.7. The van der Waals surface area contributed by atoms with Crippen LogP contribution in [0.5, 0.6) is 0 Å². The molecule has 1 aromatic rings. The average Bonchev–Trinajstić information content (AvgIpc) is 2.30. The van der Waals surface area contributed by atoms with E-state index in [-0.39, 0.29) is 0 Å². The van der Waals surface area contributed by atoms with Crippen LogP contribution in [0.1, 0.15) is 0 Å². The molecule has 0 aliphatic carbocycles. The van der Waals surface area contributed by atoms with Crippen molar-refractivity contribution in [1.29, 1.82) is 0 Å². The van der Waals surface area contributed by atoms with E-state index in [1.165, 1.54) is 0 Å². The maximum absolute atomic E-state index is 11.0. The van der Waals surface area contributed by atoms with Crippen molar-refractivity contribution < 1.29 is 9.90 Å². The fraction of sp³-hybridized carbons (Fsp3) is 0.0909. The molecule has 1 aliphatic rings. The Labute approximate surface area is 87.2 Å². The SMILES string of the molecule is O=C(O)C1C=CC=CN1c1cccnc1. The Morgan fingerprint density at radius 3 is 3.00 bits per heavy atom. The van der Waals surface area contributed by atoms with Gasteiger partial charge in [-0.25, -0.2) is 4.79 Å². The highest BCUT2D eigenvalue weighted by Crippen LogP contribution is 2.19. The molecule has 0 fully saturated rings. The van der Waals surface area contributed by atoms with Gasteiger partial charge in [-0.05, 0) is 18.2 Å². The van der Waals surface area contributed by atoms with Crippen molar-refractivity contribution in [3.05, 3.63) is 49.0 Å². The average molecular weight is 202 g/mol. The van der Waals surface area contributed by atoms with Gasteiger partial charge in [-0.3, -0.25) is 4.98 Å². The van der Waals surface area contributed by atoms with Crippen molar-refractivity contribution in [3.63, 3.8) is 0 Å². The standard InChI is InChI=1S/C11H10N2O2/c14-11(15)10-5-1-2-7-13(10)9-4-3-6-12-8-9/h1-8,10H,(H,14,15). The van der Waals surface area contributed by atoms with Gasteiger partial charge in [-0.15, -0.1) is 0 Å². The molecule has 4 heteroatoms. The van der Waals surface area contributed by atoms with Gasteiger partial charge in [0.2, 0.25) is 0 Å². The number of hydrogen-bond acceptors (Lipinski definition) is 3. The molecule has 1 aliphatic heterocycles. The lowest BCUT2D eigenvalue weighted by molar-refractivity contribution is -0.137. The summed E-state index contributed by atoms with van der Waals surface area (Å²) in [6.45, 7) is 0. The first kappa shape index (κ1) is 9.45. The molecule has 0 spiro atoms. The molecule has 0 radical (unpaired) electrons. The van der Waals surface area contributed by atoms with Crippen LogP contribution in [0.15, 0.2) is 49.0 Å². The number of nitrogens with zero attached hydrogens (tertiary/aromatic N) is 2. The number of hydrogen-bond donors (Lipinski definition) is 1. The van der Waals surface area contributed by atoms with Crippen LogP contribution in [-0.2, 0) is 4.79 Å². The van der Waals surface area contributed by atoms with E-state index in [2.05, 4.69) is 4.98 Å². The molecular weight excluding hydrogens is 192 g/mol. The number of allylic oxidation sites excluding steroid dienone is 2. The quantitative estimate of drug-likeness (QED) is 0.788. The summed E-state index contributed by atoms with van der Waals surface area (Å²) in [5.74, 6) is -0.876. The number of carboxylic acid groups (broad SMARTS) is 1. The molecule has 0 saturated heterocycles. The van der Waals surface area contributed by atoms with E-state index in [4.69, 9.17) is 5.11 Å². The molecule has 1 aromatic heterocycles. The molecule has 1 N–H and O–H groups in total. The van der Waals surface area contributed by atoms with Gasteiger partial charge in [0.05, 0.1) is 11.9 Å². The van der Waals surface area contributed by atoms with Crippen LogP contribution in [0.25, 0.3) is 0 Å². The van der Waals surface area contributed by atoms with E-state index in [1.807, 2.05) is 6.07 Å². The minimum atomic E-state index is -0.876. The van der Waals surface area contributed by atoms with Crippen molar-refractivity contribution in [2.75, 3.05) is 4.90 Å². The van der Waals surface area contributed by atoms with Gasteiger partial charge in [-0.2, -0.15) is 0 Å². The fourth-order valence-electron chi connectivity index (χ4n) is 1.45. The normalized spacial score (nSPS) is 19.2. The maximum Gasteiger partial charge on any atom is 0.330 e. The molecule has 0 bridgehead atoms. The first-order valence-corrected chi connectivity index (χ1v) is 4.55. The highest BCUT2D eigenvalue weighted by Gasteiger charge is 2.22. The van der Waals surface area contributed by atoms with Crippen LogP contribution < -0.4 is 4.90 Å². The van der Waals surface area contributed by atoms with Crippen molar-refractivity contribution in [3.8, 4) is 0 Å². The Morgan fingerprint density at radius 1 is 1.47 bits per heavy atom. The predicted molar refractivity (Wildman–Crippen MR) is 56.4 cm³/mol. The van der Waals surface area contributed by atoms with E-state index in [1.54, 1.807) is 47.8 Å². The number of anilines is 1. The van der Waals surface area contributed by atoms with Crippen molar-refractivity contribution in [1.82, 2.24) is 4.98 Å². The van der Waals surface area contributed by atoms with Gasteiger partial charge in [0.15, 0.2) is 0 Å². The zero-order valence-electron chi connectivity index (χ0n) is 7.95. The third kappa shape index (κ3) is 1.88. The summed E-state index contributed by atoms with van der Waals surface area (Å²) in [6, 6.07) is 2.95. The second-order valence-corrected chi connectivity index (χ2v) is 3.13. The summed E-state index contributed by atoms with van der Waals surface area (Å²) in [6.07, 6.45) is 10.2. The van der Waals surface area contributed by atoms with Crippen LogP contribution in [-0.4, -0.2) is 22.1 Å². The second kappa shape index (κ2) is 3.96. The van der Waals surface area contributed by atoms with E-state index in [0.29, 0.717) is 0 Å². The lowest BCUT2D eigenvalue weighted by Crippen LogP contribution is -2.37. The number of rotatable bonds is 2. The molecule has 2 rings (SSSR count). The second-order valence-electron chi connectivity index (χ2n) is 3.13. The Bertz CT molecular complexity index is 412. The molecule has 0 saturated carbocycles. The van der Waals surface area contributed by atoms with Gasteiger partial charge < -0.3 is 10.0 Å². The summed E-state index contributed by atoms with van der Waals surface area (Å²) < 4.78 is 0. The van der Waals surface area contributed by atoms with Gasteiger partial charge in [0.1, 0.15) is 6.04 Å². The van der Waals surface area contributed by atoms with Crippen LogP contribution in [0, 0.1) is 0 Å². The molecule has 15 heavy (non-hydrogen) atoms. The Hall–Kier alpha value is -2.10. The highest BCUT2D eigenvalue weighted by atomic mass is 16.4. The lowest BCUT2D eigenvalue weighted by atomic mass is 10.1. The molecule has 76 valence electrons. The lowest BCUT2D eigenvalue weighted by Gasteiger charge is -2.26. The molecule has 1 unspecified atom stereocenters. The summed E-state index contributed by atoms with van der Waals surface area (Å²) in [5, 5.41) is 9.02. The summed E-state index contributed by atoms with van der Waals surface area (Å²) in [4.78, 5) is 16.6. The summed E-state index contributed by atoms with van der Waals surface area (Å²) in [5.41, 5.74) is 0.769. The first-order chi connectivity index (χ1) is 7.29. The number of carboxylic acids is 1. The number of aliphatic carboxylic acids is 1. The van der Waals surface area contributed by atoms with Crippen molar-refractivity contribution in [2.24, 2.45) is 0 Å². The first-order valence-electron chi connectivity index (χ1n) is 4.55. The minimum Gasteiger partial charge on any atom is -0.479 e. The van der Waals surface area contributed by atoms with Crippen LogP contribution >= 0.6 is 0 Å². The van der Waals surface area contributed by atoms with Gasteiger partial charge >= 0.3 is 5.97 Å². The van der Waals surface area contributed by atoms with Crippen LogP contribution in [0.2, 0.25) is 0 Å². The minimum absolute atomic E-state index is 0.654. The van der Waals surface area contributed by atoms with Crippen molar-refractivity contribution >= 4 is 11.7 Å². The zero-order valence-corrected chi connectivity index (χ0v) is 7.95. The van der Waals surface area contributed by atoms with E-state index < -0.39 is 12.0 Å². The van der Waals surface area contributed by atoms with Crippen molar-refractivity contribution in [2.45, 2.75) is 6.04 Å². The largest absolute Gasteiger partial charge is 0.479 e. The van der Waals surface area contributed by atoms with Gasteiger partial charge in [0.25, 0.3) is 0 Å². The van der Waals surface area contributed by atoms with Crippen LogP contribution in [0.4, 0.5) is 5.69 Å². The molecule has 0 aromatic carbocycles. The summed E-state index contributed by atoms with van der Waals surface area (Å²) in [7, 11) is 0. The van der Waals surface area contributed by atoms with Gasteiger partial charge in [-0.1, -0.05) is 12.2 Å².